The van der Waals surface area contributed by atoms with Crippen molar-refractivity contribution in [1.82, 2.24) is 34.5 Å². The number of fused-ring (bicyclic) bond motifs is 2. The third-order valence-electron chi connectivity index (χ3n) is 18.2. The molecule has 2 aliphatic carbocycles. The number of amides is 4. The smallest absolute Gasteiger partial charge is 0.245 e. The first kappa shape index (κ1) is 67.5. The quantitative estimate of drug-likeness (QED) is 0.0448. The molecule has 85 heavy (non-hydrogen) atoms. The van der Waals surface area contributed by atoms with Crippen LogP contribution >= 0.6 is 0 Å². The molecule has 0 spiro atoms. The molecular formula is C66H101F2N7O10. The van der Waals surface area contributed by atoms with E-state index in [4.69, 9.17) is 28.4 Å². The molecule has 474 valence electrons. The molecule has 0 unspecified atom stereocenters. The highest BCUT2D eigenvalue weighted by Gasteiger charge is 2.41. The van der Waals surface area contributed by atoms with Crippen LogP contribution in [0.5, 0.6) is 0 Å². The molecule has 4 amide bonds. The summed E-state index contributed by atoms with van der Waals surface area (Å²) in [5, 5.41) is 8.36. The van der Waals surface area contributed by atoms with E-state index in [1.54, 1.807) is 26.4 Å². The summed E-state index contributed by atoms with van der Waals surface area (Å²) >= 11 is 0. The third kappa shape index (κ3) is 19.5. The van der Waals surface area contributed by atoms with Crippen molar-refractivity contribution in [2.75, 3.05) is 107 Å². The number of hydrogen-bond donors (Lipinski definition) is 2. The fourth-order valence-corrected chi connectivity index (χ4v) is 12.9. The zero-order valence-corrected chi connectivity index (χ0v) is 52.2. The van der Waals surface area contributed by atoms with Crippen LogP contribution in [0.1, 0.15) is 128 Å². The molecule has 4 aromatic rings. The van der Waals surface area contributed by atoms with Crippen molar-refractivity contribution in [2.45, 2.75) is 173 Å². The Kier molecular flexibility index (Phi) is 27.9. The molecule has 8 rings (SSSR count). The number of nitrogens with one attached hydrogen (secondary N) is 2. The van der Waals surface area contributed by atoms with Gasteiger partial charge in [0.2, 0.25) is 23.6 Å². The highest BCUT2D eigenvalue weighted by Crippen LogP contribution is 2.34. The minimum Gasteiger partial charge on any atom is -0.382 e. The van der Waals surface area contributed by atoms with Crippen LogP contribution in [0.25, 0.3) is 21.8 Å². The van der Waals surface area contributed by atoms with Crippen molar-refractivity contribution >= 4 is 45.4 Å². The summed E-state index contributed by atoms with van der Waals surface area (Å²) in [6.45, 7) is 13.5. The number of hydrogen-bond acceptors (Lipinski definition) is 11. The van der Waals surface area contributed by atoms with Gasteiger partial charge in [-0.3, -0.25) is 24.1 Å². The molecule has 2 aliphatic heterocycles. The molecule has 2 aromatic carbocycles. The Balaban J connectivity index is 0.000000244. The summed E-state index contributed by atoms with van der Waals surface area (Å²) in [5.74, 6) is -0.317. The topological polar surface area (TPSA) is 167 Å². The Morgan fingerprint density at radius 3 is 1.35 bits per heavy atom. The van der Waals surface area contributed by atoms with Crippen LogP contribution < -0.4 is 10.6 Å². The molecule has 4 aliphatic rings. The van der Waals surface area contributed by atoms with Gasteiger partial charge in [0.05, 0.1) is 83.1 Å². The van der Waals surface area contributed by atoms with Gasteiger partial charge in [0.25, 0.3) is 0 Å². The molecule has 4 heterocycles. The van der Waals surface area contributed by atoms with Gasteiger partial charge < -0.3 is 58.0 Å². The van der Waals surface area contributed by atoms with E-state index in [2.05, 4.69) is 27.6 Å². The predicted octanol–water partition coefficient (Wildman–Crippen LogP) is 9.11. The van der Waals surface area contributed by atoms with Crippen LogP contribution in [-0.4, -0.2) is 185 Å². The summed E-state index contributed by atoms with van der Waals surface area (Å²) < 4.78 is 65.1. The number of carbonyl (C=O) groups is 4. The maximum atomic E-state index is 14.3. The molecule has 17 nitrogen and oxygen atoms in total. The van der Waals surface area contributed by atoms with Crippen molar-refractivity contribution in [2.24, 2.45) is 17.8 Å². The lowest BCUT2D eigenvalue weighted by atomic mass is 9.83. The molecule has 6 atom stereocenters. The third-order valence-corrected chi connectivity index (χ3v) is 18.2. The van der Waals surface area contributed by atoms with Crippen LogP contribution in [-0.2, 0) is 73.5 Å². The Labute approximate surface area is 504 Å². The van der Waals surface area contributed by atoms with Crippen molar-refractivity contribution in [1.29, 1.82) is 0 Å². The van der Waals surface area contributed by atoms with Gasteiger partial charge in [0.1, 0.15) is 23.7 Å². The maximum absolute atomic E-state index is 14.3. The summed E-state index contributed by atoms with van der Waals surface area (Å²) in [5.41, 5.74) is 3.87. The van der Waals surface area contributed by atoms with Gasteiger partial charge in [-0.15, -0.1) is 0 Å². The average Bonchev–Trinajstić information content (AvgIpc) is 3.06. The number of halogens is 2. The predicted molar refractivity (Wildman–Crippen MR) is 327 cm³/mol. The van der Waals surface area contributed by atoms with Gasteiger partial charge in [-0.25, -0.2) is 8.78 Å². The van der Waals surface area contributed by atoms with Crippen molar-refractivity contribution in [3.8, 4) is 0 Å². The van der Waals surface area contributed by atoms with Crippen LogP contribution in [0.4, 0.5) is 8.78 Å². The summed E-state index contributed by atoms with van der Waals surface area (Å²) in [7, 11) is 7.04. The lowest BCUT2D eigenvalue weighted by Gasteiger charge is -2.36. The molecule has 19 heteroatoms. The van der Waals surface area contributed by atoms with E-state index >= 15 is 0 Å². The number of aromatic nitrogens is 2. The molecular weight excluding hydrogens is 1090 g/mol. The van der Waals surface area contributed by atoms with E-state index in [0.29, 0.717) is 105 Å². The fourth-order valence-electron chi connectivity index (χ4n) is 12.9. The summed E-state index contributed by atoms with van der Waals surface area (Å²) in [6.07, 6.45) is 20.7. The van der Waals surface area contributed by atoms with Crippen LogP contribution in [0, 0.1) is 29.4 Å². The number of likely N-dealkylation sites (tertiary alicyclic amines) is 2. The van der Waals surface area contributed by atoms with E-state index in [0.717, 1.165) is 116 Å². The molecule has 2 saturated carbocycles. The van der Waals surface area contributed by atoms with Gasteiger partial charge in [-0.2, -0.15) is 0 Å². The van der Waals surface area contributed by atoms with Crippen molar-refractivity contribution in [3.05, 3.63) is 71.6 Å². The first-order valence-electron chi connectivity index (χ1n) is 31.9. The van der Waals surface area contributed by atoms with E-state index in [1.807, 2.05) is 66.3 Å². The van der Waals surface area contributed by atoms with Gasteiger partial charge in [0, 0.05) is 81.6 Å². The standard InChI is InChI=1S/C33H51FN4O5.C33H50FN3O5/c1-24(36(2)3)32(39)35-31(25-9-6-5-7-10-25)33(40)38-14-8-11-28(38)21-26-23-37(30-22-27(34)12-13-29(26)30)15-16-42-19-20-43-18-17-41-4;1-4-24(2)32(38)35-31(25-9-6-5-7-10-25)33(39)37-14-8-11-28(37)21-26-23-36(30-22-27(34)12-13-29(26)30)15-16-41-19-20-42-18-17-40-3/h12-13,22-25,28,31H,5-11,14-21H2,1-4H3,(H,35,39);12-13,22-25,28,31H,4-11,14-21H2,1-3H3,(H,35,38)/t24-,28-,31-;24-,28+,31+/m01/s1. The van der Waals surface area contributed by atoms with Gasteiger partial charge in [-0.05, 0) is 151 Å². The molecule has 4 fully saturated rings. The lowest BCUT2D eigenvalue weighted by Crippen LogP contribution is -2.56. The Bertz CT molecular complexity index is 2690. The molecule has 2 saturated heterocycles. The van der Waals surface area contributed by atoms with Crippen LogP contribution in [0.15, 0.2) is 48.8 Å². The van der Waals surface area contributed by atoms with Crippen LogP contribution in [0.2, 0.25) is 0 Å². The number of rotatable bonds is 32. The number of carbonyl (C=O) groups excluding carboxylic acids is 4. The van der Waals surface area contributed by atoms with Gasteiger partial charge in [0.15, 0.2) is 0 Å². The number of benzene rings is 2. The second kappa shape index (κ2) is 35.1. The Hall–Kier alpha value is -5.02. The van der Waals surface area contributed by atoms with Crippen molar-refractivity contribution < 1.29 is 56.4 Å². The Morgan fingerprint density at radius 1 is 0.553 bits per heavy atom. The number of likely N-dealkylation sites (N-methyl/N-ethyl adjacent to an activating group) is 1. The van der Waals surface area contributed by atoms with Gasteiger partial charge in [-0.1, -0.05) is 52.4 Å². The summed E-state index contributed by atoms with van der Waals surface area (Å²) in [6, 6.07) is 8.66. The second-order valence-electron chi connectivity index (χ2n) is 24.2. The SMILES string of the molecule is CC[C@@H](C)C(=O)N[C@H](C(=O)N1CCC[C@H]1Cc1cn(CCOCCOCCOC)c2cc(F)ccc12)C1CCCCC1.COCCOCCOCCn1cc(C[C@@H]2CCCN2C(=O)[C@@H](NC(=O)[C@H](C)N(C)C)C2CCCCC2)c2ccc(F)cc21. The fraction of sp³-hybridized carbons (Fsp3) is 0.697. The molecule has 0 radical (unpaired) electrons. The maximum Gasteiger partial charge on any atom is 0.245 e. The number of methoxy groups -OCH3 is 2. The minimum absolute atomic E-state index is 0.0222. The van der Waals surface area contributed by atoms with Crippen molar-refractivity contribution in [3.63, 3.8) is 0 Å². The number of ether oxygens (including phenoxy) is 6. The first-order valence-corrected chi connectivity index (χ1v) is 31.9. The zero-order chi connectivity index (χ0) is 60.7. The van der Waals surface area contributed by atoms with E-state index in [1.165, 1.54) is 25.0 Å². The first-order chi connectivity index (χ1) is 41.2. The largest absolute Gasteiger partial charge is 0.382 e. The zero-order valence-electron chi connectivity index (χ0n) is 52.2. The lowest BCUT2D eigenvalue weighted by molar-refractivity contribution is -0.140. The minimum atomic E-state index is -0.498. The Morgan fingerprint density at radius 2 is 0.953 bits per heavy atom. The average molecular weight is 1190 g/mol. The molecule has 0 bridgehead atoms. The summed E-state index contributed by atoms with van der Waals surface area (Å²) in [4.78, 5) is 60.3. The molecule has 2 aromatic heterocycles. The van der Waals surface area contributed by atoms with Gasteiger partial charge >= 0.3 is 0 Å². The highest BCUT2D eigenvalue weighted by molar-refractivity contribution is 5.91. The van der Waals surface area contributed by atoms with E-state index in [-0.39, 0.29) is 71.1 Å². The highest BCUT2D eigenvalue weighted by atomic mass is 19.1. The molecule has 2 N–H and O–H groups in total. The van der Waals surface area contributed by atoms with E-state index in [9.17, 15) is 28.0 Å². The monoisotopic (exact) mass is 1190 g/mol. The number of nitrogens with zero attached hydrogens (tertiary/aromatic N) is 5. The normalized spacial score (nSPS) is 19.3. The second-order valence-corrected chi connectivity index (χ2v) is 24.2. The van der Waals surface area contributed by atoms with Crippen LogP contribution in [0.3, 0.4) is 0 Å². The van der Waals surface area contributed by atoms with E-state index < -0.39 is 12.1 Å².